The second kappa shape index (κ2) is 3.28. The zero-order valence-corrected chi connectivity index (χ0v) is 6.27. The van der Waals surface area contributed by atoms with Gasteiger partial charge in [-0.05, 0) is 0 Å². The molecule has 62 valence electrons. The van der Waals surface area contributed by atoms with Gasteiger partial charge >= 0.3 is 5.92 Å². The molecule has 5 heteroatoms. The molecule has 0 atom stereocenters. The SMILES string of the molecule is CN(CC#N)C(=O)C(C)(F)F. The molecular weight excluding hydrogens is 154 g/mol. The van der Waals surface area contributed by atoms with Gasteiger partial charge in [-0.1, -0.05) is 0 Å². The highest BCUT2D eigenvalue weighted by Gasteiger charge is 2.34. The lowest BCUT2D eigenvalue weighted by Gasteiger charge is -2.17. The van der Waals surface area contributed by atoms with E-state index in [-0.39, 0.29) is 6.54 Å². The lowest BCUT2D eigenvalue weighted by Crippen LogP contribution is -2.39. The topological polar surface area (TPSA) is 44.1 Å². The molecule has 0 aliphatic heterocycles. The van der Waals surface area contributed by atoms with Gasteiger partial charge in [-0.2, -0.15) is 14.0 Å². The molecule has 0 aromatic heterocycles. The van der Waals surface area contributed by atoms with Gasteiger partial charge in [0.15, 0.2) is 0 Å². The summed E-state index contributed by atoms with van der Waals surface area (Å²) in [7, 11) is 1.16. The average molecular weight is 162 g/mol. The number of carbonyl (C=O) groups is 1. The van der Waals surface area contributed by atoms with Crippen LogP contribution < -0.4 is 0 Å². The molecule has 0 radical (unpaired) electrons. The number of rotatable bonds is 2. The number of halogens is 2. The quantitative estimate of drug-likeness (QED) is 0.559. The molecule has 11 heavy (non-hydrogen) atoms. The fourth-order valence-electron chi connectivity index (χ4n) is 0.513. The number of hydrogen-bond donors (Lipinski definition) is 0. The van der Waals surface area contributed by atoms with E-state index in [0.717, 1.165) is 7.05 Å². The fraction of sp³-hybridized carbons (Fsp3) is 0.667. The molecule has 0 saturated heterocycles. The van der Waals surface area contributed by atoms with Crippen molar-refractivity contribution >= 4 is 5.91 Å². The summed E-state index contributed by atoms with van der Waals surface area (Å²) in [6, 6.07) is 1.59. The maximum Gasteiger partial charge on any atom is 0.322 e. The largest absolute Gasteiger partial charge is 0.327 e. The smallest absolute Gasteiger partial charge is 0.322 e. The van der Waals surface area contributed by atoms with Crippen molar-refractivity contribution in [3.05, 3.63) is 0 Å². The Kier molecular flexibility index (Phi) is 2.93. The van der Waals surface area contributed by atoms with Crippen molar-refractivity contribution in [1.29, 1.82) is 5.26 Å². The first kappa shape index (κ1) is 9.82. The van der Waals surface area contributed by atoms with Crippen LogP contribution in [0, 0.1) is 11.3 Å². The van der Waals surface area contributed by atoms with Gasteiger partial charge in [0.25, 0.3) is 5.91 Å². The van der Waals surface area contributed by atoms with E-state index in [1.54, 1.807) is 6.07 Å². The summed E-state index contributed by atoms with van der Waals surface area (Å²) in [5, 5.41) is 8.06. The van der Waals surface area contributed by atoms with E-state index >= 15 is 0 Å². The number of amides is 1. The third-order valence-corrected chi connectivity index (χ3v) is 1.03. The van der Waals surface area contributed by atoms with Gasteiger partial charge in [0.05, 0.1) is 6.07 Å². The van der Waals surface area contributed by atoms with E-state index in [1.807, 2.05) is 0 Å². The van der Waals surface area contributed by atoms with Crippen LogP contribution in [0.4, 0.5) is 8.78 Å². The minimum atomic E-state index is -3.38. The van der Waals surface area contributed by atoms with Crippen LogP contribution in [0.25, 0.3) is 0 Å². The molecule has 0 rings (SSSR count). The first-order chi connectivity index (χ1) is 4.89. The molecule has 0 aliphatic carbocycles. The normalized spacial score (nSPS) is 10.5. The second-order valence-corrected chi connectivity index (χ2v) is 2.21. The van der Waals surface area contributed by atoms with Gasteiger partial charge in [0, 0.05) is 14.0 Å². The molecule has 3 nitrogen and oxygen atoms in total. The molecule has 0 saturated carbocycles. The van der Waals surface area contributed by atoms with Crippen LogP contribution in [-0.2, 0) is 4.79 Å². The number of hydrogen-bond acceptors (Lipinski definition) is 2. The lowest BCUT2D eigenvalue weighted by molar-refractivity contribution is -0.152. The van der Waals surface area contributed by atoms with E-state index in [0.29, 0.717) is 11.8 Å². The van der Waals surface area contributed by atoms with E-state index < -0.39 is 11.8 Å². The zero-order valence-electron chi connectivity index (χ0n) is 6.27. The first-order valence-corrected chi connectivity index (χ1v) is 2.90. The Bertz CT molecular complexity index is 192. The Balaban J connectivity index is 4.17. The van der Waals surface area contributed by atoms with Gasteiger partial charge < -0.3 is 4.90 Å². The van der Waals surface area contributed by atoms with Crippen molar-refractivity contribution in [1.82, 2.24) is 4.90 Å². The van der Waals surface area contributed by atoms with Crippen LogP contribution in [-0.4, -0.2) is 30.3 Å². The molecule has 1 amide bonds. The van der Waals surface area contributed by atoms with Gasteiger partial charge in [-0.3, -0.25) is 4.79 Å². The molecule has 0 unspecified atom stereocenters. The Morgan fingerprint density at radius 3 is 2.45 bits per heavy atom. The van der Waals surface area contributed by atoms with Crippen molar-refractivity contribution < 1.29 is 13.6 Å². The highest BCUT2D eigenvalue weighted by molar-refractivity contribution is 5.82. The van der Waals surface area contributed by atoms with E-state index in [2.05, 4.69) is 0 Å². The van der Waals surface area contributed by atoms with Crippen LogP contribution in [0.15, 0.2) is 0 Å². The maximum atomic E-state index is 12.2. The molecule has 0 aromatic rings. The third-order valence-electron chi connectivity index (χ3n) is 1.03. The van der Waals surface area contributed by atoms with Crippen LogP contribution in [0.3, 0.4) is 0 Å². The van der Waals surface area contributed by atoms with E-state index in [1.165, 1.54) is 0 Å². The molecule has 0 fully saturated rings. The van der Waals surface area contributed by atoms with Crippen LogP contribution in [0.5, 0.6) is 0 Å². The minimum absolute atomic E-state index is 0.317. The maximum absolute atomic E-state index is 12.2. The predicted molar refractivity (Wildman–Crippen MR) is 33.9 cm³/mol. The van der Waals surface area contributed by atoms with Crippen molar-refractivity contribution in [3.63, 3.8) is 0 Å². The third kappa shape index (κ3) is 2.94. The summed E-state index contributed by atoms with van der Waals surface area (Å²) in [5.74, 6) is -4.72. The molecule has 0 aromatic carbocycles. The molecule has 0 bridgehead atoms. The molecular formula is C6H8F2N2O. The minimum Gasteiger partial charge on any atom is -0.327 e. The summed E-state index contributed by atoms with van der Waals surface area (Å²) in [6.07, 6.45) is 0. The van der Waals surface area contributed by atoms with Crippen molar-refractivity contribution in [2.45, 2.75) is 12.8 Å². The average Bonchev–Trinajstić information content (AvgIpc) is 1.85. The highest BCUT2D eigenvalue weighted by Crippen LogP contribution is 2.13. The highest BCUT2D eigenvalue weighted by atomic mass is 19.3. The Hall–Kier alpha value is -1.18. The lowest BCUT2D eigenvalue weighted by atomic mass is 10.3. The van der Waals surface area contributed by atoms with Crippen LogP contribution in [0.2, 0.25) is 0 Å². The zero-order chi connectivity index (χ0) is 9.07. The predicted octanol–water partition coefficient (Wildman–Crippen LogP) is 0.624. The number of alkyl halides is 2. The fourth-order valence-corrected chi connectivity index (χ4v) is 0.513. The second-order valence-electron chi connectivity index (χ2n) is 2.21. The molecule has 0 spiro atoms. The van der Waals surface area contributed by atoms with Crippen molar-refractivity contribution in [2.24, 2.45) is 0 Å². The Morgan fingerprint density at radius 1 is 1.73 bits per heavy atom. The van der Waals surface area contributed by atoms with Crippen LogP contribution >= 0.6 is 0 Å². The molecule has 0 N–H and O–H groups in total. The standard InChI is InChI=1S/C6H8F2N2O/c1-6(7,8)5(11)10(2)4-3-9/h4H2,1-2H3. The Labute approximate surface area is 63.2 Å². The van der Waals surface area contributed by atoms with Crippen molar-refractivity contribution in [3.8, 4) is 6.07 Å². The molecule has 0 aliphatic rings. The number of nitrogens with zero attached hydrogens (tertiary/aromatic N) is 2. The van der Waals surface area contributed by atoms with Crippen LogP contribution in [0.1, 0.15) is 6.92 Å². The summed E-state index contributed by atoms with van der Waals surface area (Å²) < 4.78 is 24.4. The molecule has 0 heterocycles. The van der Waals surface area contributed by atoms with E-state index in [9.17, 15) is 13.6 Å². The van der Waals surface area contributed by atoms with Crippen molar-refractivity contribution in [2.75, 3.05) is 13.6 Å². The Morgan fingerprint density at radius 2 is 2.18 bits per heavy atom. The van der Waals surface area contributed by atoms with E-state index in [4.69, 9.17) is 5.26 Å². The van der Waals surface area contributed by atoms with Gasteiger partial charge in [0.2, 0.25) is 0 Å². The summed E-state index contributed by atoms with van der Waals surface area (Å²) in [4.78, 5) is 11.3. The summed E-state index contributed by atoms with van der Waals surface area (Å²) >= 11 is 0. The first-order valence-electron chi connectivity index (χ1n) is 2.90. The number of nitriles is 1. The van der Waals surface area contributed by atoms with Gasteiger partial charge in [-0.25, -0.2) is 0 Å². The monoisotopic (exact) mass is 162 g/mol. The number of carbonyl (C=O) groups excluding carboxylic acids is 1. The van der Waals surface area contributed by atoms with Gasteiger partial charge in [-0.15, -0.1) is 0 Å². The summed E-state index contributed by atoms with van der Waals surface area (Å²) in [5.41, 5.74) is 0. The summed E-state index contributed by atoms with van der Waals surface area (Å²) in [6.45, 7) is 0.186. The van der Waals surface area contributed by atoms with Gasteiger partial charge in [0.1, 0.15) is 6.54 Å².